The van der Waals surface area contributed by atoms with Crippen molar-refractivity contribution in [1.82, 2.24) is 0 Å². The van der Waals surface area contributed by atoms with Gasteiger partial charge >= 0.3 is 0 Å². The number of nitrogens with zero attached hydrogens (tertiary/aromatic N) is 1. The number of carbonyl (C=O) groups excluding carboxylic acids is 1. The maximum absolute atomic E-state index is 11.6. The van der Waals surface area contributed by atoms with Gasteiger partial charge in [0.1, 0.15) is 0 Å². The van der Waals surface area contributed by atoms with Gasteiger partial charge in [0.05, 0.1) is 6.04 Å². The summed E-state index contributed by atoms with van der Waals surface area (Å²) in [5.74, 6) is 0.668. The highest BCUT2D eigenvalue weighted by Crippen LogP contribution is 2.25. The molecule has 0 aromatic heterocycles. The minimum Gasteiger partial charge on any atom is -0.371 e. The Kier molecular flexibility index (Phi) is 4.43. The maximum atomic E-state index is 11.6. The number of nitrogens with one attached hydrogen (secondary N) is 1. The molecule has 2 rings (SSSR count). The zero-order chi connectivity index (χ0) is 13.8. The number of benzene rings is 1. The van der Waals surface area contributed by atoms with Crippen molar-refractivity contribution in [2.24, 2.45) is 11.7 Å². The van der Waals surface area contributed by atoms with Crippen molar-refractivity contribution in [2.45, 2.75) is 32.7 Å². The fourth-order valence-corrected chi connectivity index (χ4v) is 2.30. The van der Waals surface area contributed by atoms with Crippen molar-refractivity contribution < 1.29 is 4.79 Å². The smallest absolute Gasteiger partial charge is 0.240 e. The van der Waals surface area contributed by atoms with E-state index in [1.54, 1.807) is 6.92 Å². The average Bonchev–Trinajstić information content (AvgIpc) is 2.39. The fourth-order valence-electron chi connectivity index (χ4n) is 2.30. The lowest BCUT2D eigenvalue weighted by Crippen LogP contribution is -2.33. The van der Waals surface area contributed by atoms with Crippen LogP contribution in [-0.4, -0.2) is 25.0 Å². The third kappa shape index (κ3) is 3.70. The molecule has 1 aliphatic heterocycles. The Morgan fingerprint density at radius 1 is 1.42 bits per heavy atom. The summed E-state index contributed by atoms with van der Waals surface area (Å²) in [4.78, 5) is 14.0. The van der Waals surface area contributed by atoms with Gasteiger partial charge < -0.3 is 16.0 Å². The molecule has 0 radical (unpaired) electrons. The van der Waals surface area contributed by atoms with Crippen LogP contribution >= 0.6 is 0 Å². The number of rotatable bonds is 3. The standard InChI is InChI=1S/C15H23N3O/c1-11-6-8-18(9-7-11)14-5-3-4-13(10-14)17-15(19)12(2)16/h3-5,10-12H,6-9,16H2,1-2H3,(H,17,19)/t12-/m1/s1. The summed E-state index contributed by atoms with van der Waals surface area (Å²) in [6.07, 6.45) is 2.47. The SMILES string of the molecule is CC1CCN(c2cccc(NC(=O)[C@@H](C)N)c2)CC1. The highest BCUT2D eigenvalue weighted by atomic mass is 16.2. The van der Waals surface area contributed by atoms with E-state index >= 15 is 0 Å². The monoisotopic (exact) mass is 261 g/mol. The Hall–Kier alpha value is -1.55. The molecule has 1 heterocycles. The van der Waals surface area contributed by atoms with Crippen molar-refractivity contribution in [2.75, 3.05) is 23.3 Å². The first-order valence-corrected chi connectivity index (χ1v) is 6.97. The second-order valence-corrected chi connectivity index (χ2v) is 5.50. The summed E-state index contributed by atoms with van der Waals surface area (Å²) in [7, 11) is 0. The predicted octanol–water partition coefficient (Wildman–Crippen LogP) is 2.21. The molecular formula is C15H23N3O. The zero-order valence-corrected chi connectivity index (χ0v) is 11.7. The molecule has 0 unspecified atom stereocenters. The number of anilines is 2. The minimum atomic E-state index is -0.487. The molecule has 3 N–H and O–H groups in total. The third-order valence-electron chi connectivity index (χ3n) is 3.68. The molecule has 1 aromatic rings. The van der Waals surface area contributed by atoms with Crippen LogP contribution in [0.15, 0.2) is 24.3 Å². The number of hydrogen-bond donors (Lipinski definition) is 2. The van der Waals surface area contributed by atoms with Gasteiger partial charge in [-0.05, 0) is 43.9 Å². The van der Waals surface area contributed by atoms with Crippen LogP contribution in [0, 0.1) is 5.92 Å². The third-order valence-corrected chi connectivity index (χ3v) is 3.68. The molecule has 1 aromatic carbocycles. The van der Waals surface area contributed by atoms with Crippen LogP contribution in [0.25, 0.3) is 0 Å². The Bertz CT molecular complexity index is 437. The normalized spacial score (nSPS) is 18.2. The van der Waals surface area contributed by atoms with Crippen LogP contribution in [0.3, 0.4) is 0 Å². The minimum absolute atomic E-state index is 0.149. The summed E-state index contributed by atoms with van der Waals surface area (Å²) < 4.78 is 0. The van der Waals surface area contributed by atoms with Gasteiger partial charge in [0.2, 0.25) is 5.91 Å². The molecule has 1 fully saturated rings. The molecule has 0 spiro atoms. The van der Waals surface area contributed by atoms with Crippen molar-refractivity contribution in [3.63, 3.8) is 0 Å². The lowest BCUT2D eigenvalue weighted by atomic mass is 9.99. The highest BCUT2D eigenvalue weighted by molar-refractivity contribution is 5.94. The molecule has 4 nitrogen and oxygen atoms in total. The Morgan fingerprint density at radius 3 is 2.74 bits per heavy atom. The molecule has 1 amide bonds. The summed E-state index contributed by atoms with van der Waals surface area (Å²) in [5.41, 5.74) is 7.55. The fraction of sp³-hybridized carbons (Fsp3) is 0.533. The van der Waals surface area contributed by atoms with Crippen LogP contribution in [0.2, 0.25) is 0 Å². The van der Waals surface area contributed by atoms with Crippen molar-refractivity contribution in [1.29, 1.82) is 0 Å². The van der Waals surface area contributed by atoms with Gasteiger partial charge in [-0.2, -0.15) is 0 Å². The van der Waals surface area contributed by atoms with Gasteiger partial charge in [-0.15, -0.1) is 0 Å². The molecule has 104 valence electrons. The number of piperidine rings is 1. The van der Waals surface area contributed by atoms with E-state index in [0.717, 1.165) is 24.7 Å². The molecule has 0 bridgehead atoms. The molecule has 1 saturated heterocycles. The highest BCUT2D eigenvalue weighted by Gasteiger charge is 2.16. The lowest BCUT2D eigenvalue weighted by molar-refractivity contribution is -0.117. The van der Waals surface area contributed by atoms with E-state index in [9.17, 15) is 4.79 Å². The Morgan fingerprint density at radius 2 is 2.11 bits per heavy atom. The molecule has 1 aliphatic rings. The van der Waals surface area contributed by atoms with Crippen molar-refractivity contribution >= 4 is 17.3 Å². The van der Waals surface area contributed by atoms with Crippen LogP contribution < -0.4 is 16.0 Å². The first-order valence-electron chi connectivity index (χ1n) is 6.97. The van der Waals surface area contributed by atoms with Gasteiger partial charge in [-0.25, -0.2) is 0 Å². The molecular weight excluding hydrogens is 238 g/mol. The summed E-state index contributed by atoms with van der Waals surface area (Å²) >= 11 is 0. The van der Waals surface area contributed by atoms with E-state index < -0.39 is 6.04 Å². The number of hydrogen-bond acceptors (Lipinski definition) is 3. The number of amides is 1. The van der Waals surface area contributed by atoms with Crippen molar-refractivity contribution in [3.8, 4) is 0 Å². The average molecular weight is 261 g/mol. The molecule has 1 atom stereocenters. The lowest BCUT2D eigenvalue weighted by Gasteiger charge is -2.32. The van der Waals surface area contributed by atoms with Crippen LogP contribution in [-0.2, 0) is 4.79 Å². The topological polar surface area (TPSA) is 58.4 Å². The van der Waals surface area contributed by atoms with Gasteiger partial charge in [0, 0.05) is 24.5 Å². The molecule has 0 aliphatic carbocycles. The van der Waals surface area contributed by atoms with E-state index in [-0.39, 0.29) is 5.91 Å². The number of nitrogens with two attached hydrogens (primary N) is 1. The van der Waals surface area contributed by atoms with Crippen LogP contribution in [0.1, 0.15) is 26.7 Å². The van der Waals surface area contributed by atoms with Gasteiger partial charge in [-0.3, -0.25) is 4.79 Å². The first-order chi connectivity index (χ1) is 9.06. The Balaban J connectivity index is 2.04. The van der Waals surface area contributed by atoms with Gasteiger partial charge in [0.15, 0.2) is 0 Å². The van der Waals surface area contributed by atoms with E-state index in [1.165, 1.54) is 18.5 Å². The van der Waals surface area contributed by atoms with Crippen LogP contribution in [0.4, 0.5) is 11.4 Å². The quantitative estimate of drug-likeness (QED) is 0.877. The number of carbonyl (C=O) groups is 1. The Labute approximate surface area is 115 Å². The largest absolute Gasteiger partial charge is 0.371 e. The molecule has 0 saturated carbocycles. The zero-order valence-electron chi connectivity index (χ0n) is 11.7. The van der Waals surface area contributed by atoms with Gasteiger partial charge in [-0.1, -0.05) is 13.0 Å². The van der Waals surface area contributed by atoms with E-state index in [0.29, 0.717) is 0 Å². The van der Waals surface area contributed by atoms with E-state index in [2.05, 4.69) is 23.2 Å². The second-order valence-electron chi connectivity index (χ2n) is 5.50. The molecule has 4 heteroatoms. The van der Waals surface area contributed by atoms with Gasteiger partial charge in [0.25, 0.3) is 0 Å². The maximum Gasteiger partial charge on any atom is 0.240 e. The predicted molar refractivity (Wildman–Crippen MR) is 79.3 cm³/mol. The summed E-state index contributed by atoms with van der Waals surface area (Å²) in [6, 6.07) is 7.51. The van der Waals surface area contributed by atoms with E-state index in [1.807, 2.05) is 18.2 Å². The van der Waals surface area contributed by atoms with Crippen molar-refractivity contribution in [3.05, 3.63) is 24.3 Å². The second kappa shape index (κ2) is 6.06. The first kappa shape index (κ1) is 13.9. The molecule has 19 heavy (non-hydrogen) atoms. The summed E-state index contributed by atoms with van der Waals surface area (Å²) in [5, 5.41) is 2.84. The van der Waals surface area contributed by atoms with E-state index in [4.69, 9.17) is 5.73 Å². The summed E-state index contributed by atoms with van der Waals surface area (Å²) in [6.45, 7) is 6.17. The van der Waals surface area contributed by atoms with Crippen LogP contribution in [0.5, 0.6) is 0 Å².